The van der Waals surface area contributed by atoms with E-state index >= 15 is 0 Å². The quantitative estimate of drug-likeness (QED) is 0.289. The minimum atomic E-state index is -0.271. The topological polar surface area (TPSA) is 38.3 Å². The molecule has 2 rings (SSSR count). The van der Waals surface area contributed by atoms with Gasteiger partial charge in [0.2, 0.25) is 0 Å². The largest absolute Gasteiger partial charge is 0.462 e. The van der Waals surface area contributed by atoms with Crippen LogP contribution in [0, 0.1) is 11.8 Å². The molecule has 0 amide bonds. The lowest BCUT2D eigenvalue weighted by Gasteiger charge is -2.07. The second-order valence-electron chi connectivity index (χ2n) is 6.55. The lowest BCUT2D eigenvalue weighted by molar-refractivity contribution is 0.0526. The summed E-state index contributed by atoms with van der Waals surface area (Å²) in [4.78, 5) is 11.6. The van der Waals surface area contributed by atoms with Gasteiger partial charge in [-0.15, -0.1) is 0 Å². The lowest BCUT2D eigenvalue weighted by Crippen LogP contribution is -2.05. The molecule has 0 heterocycles. The van der Waals surface area contributed by atoms with Crippen LogP contribution in [0.5, 0.6) is 0 Å². The fourth-order valence-electron chi connectivity index (χ4n) is 2.74. The fourth-order valence-corrected chi connectivity index (χ4v) is 2.86. The van der Waals surface area contributed by atoms with Gasteiger partial charge in [0.25, 0.3) is 0 Å². The third-order valence-electron chi connectivity index (χ3n) is 4.28. The number of benzene rings is 2. The van der Waals surface area contributed by atoms with Gasteiger partial charge in [-0.2, -0.15) is 0 Å². The van der Waals surface area contributed by atoms with E-state index in [1.165, 1.54) is 19.3 Å². The summed E-state index contributed by atoms with van der Waals surface area (Å²) in [6.07, 6.45) is 6.86. The summed E-state index contributed by atoms with van der Waals surface area (Å²) in [5, 5.41) is 4.14. The van der Waals surface area contributed by atoms with Crippen LogP contribution in [0.3, 0.4) is 0 Å². The number of anilines is 1. The number of halogens is 1. The molecule has 0 saturated carbocycles. The fraction of sp³-hybridized carbons (Fsp3) is 0.375. The summed E-state index contributed by atoms with van der Waals surface area (Å²) in [5.41, 5.74) is 2.64. The summed E-state index contributed by atoms with van der Waals surface area (Å²) in [6.45, 7) is 3.14. The Kier molecular flexibility index (Phi) is 10.0. The molecule has 0 aliphatic rings. The molecule has 148 valence electrons. The zero-order valence-corrected chi connectivity index (χ0v) is 17.2. The predicted molar refractivity (Wildman–Crippen MR) is 117 cm³/mol. The molecule has 4 heteroatoms. The van der Waals surface area contributed by atoms with Crippen molar-refractivity contribution < 1.29 is 9.53 Å². The van der Waals surface area contributed by atoms with Gasteiger partial charge in [0.15, 0.2) is 0 Å². The summed E-state index contributed by atoms with van der Waals surface area (Å²) in [6, 6.07) is 15.1. The van der Waals surface area contributed by atoms with Gasteiger partial charge >= 0.3 is 5.97 Å². The van der Waals surface area contributed by atoms with E-state index in [2.05, 4.69) is 17.2 Å². The molecule has 0 spiro atoms. The number of esters is 1. The van der Waals surface area contributed by atoms with Crippen LogP contribution in [0.4, 0.5) is 5.69 Å². The zero-order chi connectivity index (χ0) is 20.0. The van der Waals surface area contributed by atoms with Crippen molar-refractivity contribution in [1.29, 1.82) is 0 Å². The maximum atomic E-state index is 11.6. The first kappa shape index (κ1) is 21.9. The number of unbranched alkanes of at least 4 members (excludes halogenated alkanes) is 5. The van der Waals surface area contributed by atoms with E-state index in [9.17, 15) is 4.79 Å². The first-order valence-corrected chi connectivity index (χ1v) is 10.3. The first-order chi connectivity index (χ1) is 13.7. The monoisotopic (exact) mass is 397 g/mol. The highest BCUT2D eigenvalue weighted by Gasteiger charge is 2.05. The molecule has 0 atom stereocenters. The van der Waals surface area contributed by atoms with Crippen molar-refractivity contribution in [2.45, 2.75) is 45.4 Å². The Morgan fingerprint density at radius 2 is 1.64 bits per heavy atom. The molecule has 1 N–H and O–H groups in total. The van der Waals surface area contributed by atoms with Gasteiger partial charge in [0, 0.05) is 29.2 Å². The Balaban J connectivity index is 1.50. The summed E-state index contributed by atoms with van der Waals surface area (Å²) in [7, 11) is 0. The van der Waals surface area contributed by atoms with E-state index < -0.39 is 0 Å². The van der Waals surface area contributed by atoms with E-state index in [0.717, 1.165) is 42.1 Å². The van der Waals surface area contributed by atoms with Crippen molar-refractivity contribution >= 4 is 23.3 Å². The van der Waals surface area contributed by atoms with Crippen molar-refractivity contribution in [1.82, 2.24) is 0 Å². The van der Waals surface area contributed by atoms with Crippen LogP contribution in [-0.2, 0) is 4.74 Å². The number of carbonyl (C=O) groups is 1. The first-order valence-electron chi connectivity index (χ1n) is 9.94. The van der Waals surface area contributed by atoms with Crippen LogP contribution in [0.25, 0.3) is 0 Å². The highest BCUT2D eigenvalue weighted by molar-refractivity contribution is 6.30. The zero-order valence-electron chi connectivity index (χ0n) is 16.5. The molecule has 0 aromatic heterocycles. The number of nitrogens with one attached hydrogen (secondary N) is 1. The number of ether oxygens (including phenoxy) is 1. The van der Waals surface area contributed by atoms with Gasteiger partial charge in [-0.05, 0) is 68.3 Å². The highest BCUT2D eigenvalue weighted by atomic mass is 35.5. The molecule has 0 aliphatic carbocycles. The minimum Gasteiger partial charge on any atom is -0.462 e. The molecule has 0 fully saturated rings. The van der Waals surface area contributed by atoms with Crippen LogP contribution < -0.4 is 5.32 Å². The number of hydrogen-bond donors (Lipinski definition) is 1. The van der Waals surface area contributed by atoms with Gasteiger partial charge < -0.3 is 10.1 Å². The Morgan fingerprint density at radius 3 is 2.36 bits per heavy atom. The normalized spacial score (nSPS) is 10.1. The van der Waals surface area contributed by atoms with Gasteiger partial charge in [-0.1, -0.05) is 42.7 Å². The molecule has 2 aromatic rings. The van der Waals surface area contributed by atoms with Gasteiger partial charge in [-0.25, -0.2) is 4.79 Å². The minimum absolute atomic E-state index is 0.271. The third kappa shape index (κ3) is 8.50. The highest BCUT2D eigenvalue weighted by Crippen LogP contribution is 2.12. The standard InChI is InChI=1S/C24H28ClNO2/c1-2-28-24(27)21-13-17-23(18-14-21)26-19-9-7-5-3-4-6-8-10-20-11-15-22(25)16-12-20/h11-18,26H,2-7,9,19H2,1H3. The van der Waals surface area contributed by atoms with E-state index in [0.29, 0.717) is 12.2 Å². The van der Waals surface area contributed by atoms with Crippen LogP contribution in [0.1, 0.15) is 61.4 Å². The van der Waals surface area contributed by atoms with Crippen molar-refractivity contribution in [2.24, 2.45) is 0 Å². The summed E-state index contributed by atoms with van der Waals surface area (Å²) >= 11 is 5.86. The van der Waals surface area contributed by atoms with Crippen LogP contribution in [0.15, 0.2) is 48.5 Å². The van der Waals surface area contributed by atoms with Crippen molar-refractivity contribution in [2.75, 3.05) is 18.5 Å². The second kappa shape index (κ2) is 12.9. The van der Waals surface area contributed by atoms with Crippen LogP contribution in [-0.4, -0.2) is 19.1 Å². The Morgan fingerprint density at radius 1 is 0.964 bits per heavy atom. The molecular formula is C24H28ClNO2. The Bertz CT molecular complexity index is 773. The molecule has 0 bridgehead atoms. The molecule has 28 heavy (non-hydrogen) atoms. The van der Waals surface area contributed by atoms with Gasteiger partial charge in [0.1, 0.15) is 0 Å². The van der Waals surface area contributed by atoms with Crippen LogP contribution >= 0.6 is 11.6 Å². The molecular weight excluding hydrogens is 370 g/mol. The van der Waals surface area contributed by atoms with E-state index in [4.69, 9.17) is 16.3 Å². The van der Waals surface area contributed by atoms with Crippen molar-refractivity contribution in [3.8, 4) is 11.8 Å². The Hall–Kier alpha value is -2.44. The summed E-state index contributed by atoms with van der Waals surface area (Å²) in [5.74, 6) is 6.13. The van der Waals surface area contributed by atoms with E-state index in [1.807, 2.05) is 43.3 Å². The average Bonchev–Trinajstić information content (AvgIpc) is 2.71. The number of rotatable bonds is 10. The SMILES string of the molecule is CCOC(=O)c1ccc(NCCCCCCCC#Cc2ccc(Cl)cc2)cc1. The Labute approximate surface area is 173 Å². The number of carbonyl (C=O) groups excluding carboxylic acids is 1. The van der Waals surface area contributed by atoms with Crippen molar-refractivity contribution in [3.63, 3.8) is 0 Å². The van der Waals surface area contributed by atoms with E-state index in [-0.39, 0.29) is 5.97 Å². The second-order valence-corrected chi connectivity index (χ2v) is 6.99. The predicted octanol–water partition coefficient (Wildman–Crippen LogP) is 6.32. The lowest BCUT2D eigenvalue weighted by atomic mass is 10.1. The van der Waals surface area contributed by atoms with Gasteiger partial charge in [0.05, 0.1) is 12.2 Å². The smallest absolute Gasteiger partial charge is 0.338 e. The van der Waals surface area contributed by atoms with Crippen molar-refractivity contribution in [3.05, 3.63) is 64.7 Å². The average molecular weight is 398 g/mol. The van der Waals surface area contributed by atoms with Crippen LogP contribution in [0.2, 0.25) is 5.02 Å². The number of hydrogen-bond acceptors (Lipinski definition) is 3. The molecule has 2 aromatic carbocycles. The third-order valence-corrected chi connectivity index (χ3v) is 4.53. The van der Waals surface area contributed by atoms with E-state index in [1.54, 1.807) is 12.1 Å². The maximum Gasteiger partial charge on any atom is 0.338 e. The molecule has 3 nitrogen and oxygen atoms in total. The molecule has 0 aliphatic heterocycles. The molecule has 0 radical (unpaired) electrons. The maximum absolute atomic E-state index is 11.6. The molecule has 0 saturated heterocycles. The van der Waals surface area contributed by atoms with Gasteiger partial charge in [-0.3, -0.25) is 0 Å². The molecule has 0 unspecified atom stereocenters. The summed E-state index contributed by atoms with van der Waals surface area (Å²) < 4.78 is 4.98.